The number of benzene rings is 2. The number of aryl methyl sites for hydroxylation is 1. The van der Waals surface area contributed by atoms with Gasteiger partial charge in [-0.3, -0.25) is 9.69 Å². The van der Waals surface area contributed by atoms with Gasteiger partial charge in [0.1, 0.15) is 29.3 Å². The van der Waals surface area contributed by atoms with Gasteiger partial charge in [0.05, 0.1) is 12.7 Å². The summed E-state index contributed by atoms with van der Waals surface area (Å²) in [5.74, 6) is 1.24. The van der Waals surface area contributed by atoms with Crippen LogP contribution in [0.5, 0.6) is 5.75 Å². The molecule has 1 aliphatic rings. The summed E-state index contributed by atoms with van der Waals surface area (Å²) in [5.41, 5.74) is 0.791. The Balaban J connectivity index is 1.38. The molecule has 9 heteroatoms. The predicted molar refractivity (Wildman–Crippen MR) is 127 cm³/mol. The van der Waals surface area contributed by atoms with Crippen LogP contribution in [0.2, 0.25) is 0 Å². The van der Waals surface area contributed by atoms with Gasteiger partial charge in [0.25, 0.3) is 0 Å². The van der Waals surface area contributed by atoms with E-state index in [2.05, 4.69) is 9.88 Å². The van der Waals surface area contributed by atoms with Crippen LogP contribution in [0.3, 0.4) is 0 Å². The van der Waals surface area contributed by atoms with Crippen LogP contribution in [0.25, 0.3) is 11.5 Å². The zero-order valence-corrected chi connectivity index (χ0v) is 20.5. The second kappa shape index (κ2) is 10.3. The number of oxazole rings is 1. The molecular formula is C27H29F3N2O4. The molecule has 4 rings (SSSR count). The van der Waals surface area contributed by atoms with Crippen molar-refractivity contribution < 1.29 is 31.9 Å². The molecule has 0 amide bonds. The number of halogens is 3. The number of nitrogens with zero attached hydrogens (tertiary/aromatic N) is 2. The smallest absolute Gasteiger partial charge is 0.416 e. The summed E-state index contributed by atoms with van der Waals surface area (Å²) in [4.78, 5) is 19.1. The quantitative estimate of drug-likeness (QED) is 0.344. The predicted octanol–water partition coefficient (Wildman–Crippen LogP) is 6.17. The van der Waals surface area contributed by atoms with Crippen molar-refractivity contribution in [3.63, 3.8) is 0 Å². The third-order valence-corrected chi connectivity index (χ3v) is 6.80. The molecule has 1 aliphatic heterocycles. The molecule has 6 nitrogen and oxygen atoms in total. The molecule has 36 heavy (non-hydrogen) atoms. The molecule has 192 valence electrons. The van der Waals surface area contributed by atoms with Gasteiger partial charge in [0.2, 0.25) is 5.89 Å². The molecule has 1 saturated heterocycles. The second-order valence-electron chi connectivity index (χ2n) is 8.93. The van der Waals surface area contributed by atoms with E-state index in [1.54, 1.807) is 6.92 Å². The van der Waals surface area contributed by atoms with Gasteiger partial charge in [-0.1, -0.05) is 19.1 Å². The lowest BCUT2D eigenvalue weighted by atomic mass is 9.92. The van der Waals surface area contributed by atoms with E-state index in [9.17, 15) is 18.0 Å². The summed E-state index contributed by atoms with van der Waals surface area (Å²) in [6.45, 7) is 5.39. The van der Waals surface area contributed by atoms with Crippen molar-refractivity contribution in [1.82, 2.24) is 9.88 Å². The highest BCUT2D eigenvalue weighted by Gasteiger charge is 2.46. The molecule has 0 saturated carbocycles. The topological polar surface area (TPSA) is 64.8 Å². The van der Waals surface area contributed by atoms with Crippen LogP contribution in [0.15, 0.2) is 52.9 Å². The number of likely N-dealkylation sites (tertiary alicyclic amines) is 1. The summed E-state index contributed by atoms with van der Waals surface area (Å²) in [6.07, 6.45) is -1.94. The fourth-order valence-corrected chi connectivity index (χ4v) is 4.68. The zero-order chi connectivity index (χ0) is 25.9. The largest absolute Gasteiger partial charge is 0.487 e. The van der Waals surface area contributed by atoms with E-state index in [1.165, 1.54) is 19.2 Å². The normalized spacial score (nSPS) is 18.4. The van der Waals surface area contributed by atoms with Gasteiger partial charge in [-0.25, -0.2) is 4.98 Å². The van der Waals surface area contributed by atoms with Gasteiger partial charge < -0.3 is 13.9 Å². The molecule has 0 radical (unpaired) electrons. The molecule has 1 unspecified atom stereocenters. The Morgan fingerprint density at radius 2 is 1.83 bits per heavy atom. The van der Waals surface area contributed by atoms with E-state index in [-0.39, 0.29) is 18.5 Å². The van der Waals surface area contributed by atoms with E-state index in [0.717, 1.165) is 37.1 Å². The minimum atomic E-state index is -4.39. The molecular weight excluding hydrogens is 473 g/mol. The van der Waals surface area contributed by atoms with Crippen LogP contribution in [-0.2, 0) is 28.9 Å². The number of carbonyl (C=O) groups excluding carboxylic acids is 1. The van der Waals surface area contributed by atoms with Crippen molar-refractivity contribution in [3.05, 3.63) is 71.1 Å². The second-order valence-corrected chi connectivity index (χ2v) is 8.93. The van der Waals surface area contributed by atoms with Gasteiger partial charge in [0, 0.05) is 12.1 Å². The van der Waals surface area contributed by atoms with E-state index in [0.29, 0.717) is 35.7 Å². The first-order chi connectivity index (χ1) is 17.2. The van der Waals surface area contributed by atoms with Crippen molar-refractivity contribution >= 4 is 5.97 Å². The van der Waals surface area contributed by atoms with Crippen molar-refractivity contribution in [1.29, 1.82) is 0 Å². The Morgan fingerprint density at radius 3 is 2.44 bits per heavy atom. The van der Waals surface area contributed by atoms with E-state index >= 15 is 0 Å². The van der Waals surface area contributed by atoms with Gasteiger partial charge in [-0.05, 0) is 74.7 Å². The van der Waals surface area contributed by atoms with Crippen LogP contribution in [0, 0.1) is 6.92 Å². The van der Waals surface area contributed by atoms with Crippen LogP contribution < -0.4 is 4.74 Å². The lowest BCUT2D eigenvalue weighted by molar-refractivity contribution is -0.154. The number of alkyl halides is 3. The number of rotatable bonds is 8. The van der Waals surface area contributed by atoms with Crippen molar-refractivity contribution in [2.45, 2.75) is 58.0 Å². The first-order valence-electron chi connectivity index (χ1n) is 11.9. The molecule has 0 spiro atoms. The van der Waals surface area contributed by atoms with Gasteiger partial charge in [0.15, 0.2) is 0 Å². The van der Waals surface area contributed by atoms with Crippen LogP contribution in [-0.4, -0.2) is 35.0 Å². The highest BCUT2D eigenvalue weighted by atomic mass is 19.4. The molecule has 3 aromatic rings. The standard InChI is InChI=1S/C27H29F3N2O4/c1-4-26(25(33)34-3)14-5-15-32(26)16-19-6-12-22(13-7-19)35-17-23-18(2)36-24(31-23)20-8-10-21(11-9-20)27(28,29)30/h6-13H,4-5,14-17H2,1-3H3. The van der Waals surface area contributed by atoms with Crippen LogP contribution in [0.4, 0.5) is 13.2 Å². The molecule has 0 bridgehead atoms. The van der Waals surface area contributed by atoms with Gasteiger partial charge in [-0.2, -0.15) is 13.2 Å². The van der Waals surface area contributed by atoms with E-state index < -0.39 is 17.3 Å². The average Bonchev–Trinajstić information content (AvgIpc) is 3.46. The number of hydrogen-bond acceptors (Lipinski definition) is 6. The summed E-state index contributed by atoms with van der Waals surface area (Å²) < 4.78 is 55.0. The van der Waals surface area contributed by atoms with Crippen molar-refractivity contribution in [3.8, 4) is 17.2 Å². The molecule has 1 aromatic heterocycles. The fourth-order valence-electron chi connectivity index (χ4n) is 4.68. The highest BCUT2D eigenvalue weighted by Crippen LogP contribution is 2.35. The Kier molecular flexibility index (Phi) is 7.40. The number of hydrogen-bond donors (Lipinski definition) is 0. The third kappa shape index (κ3) is 5.26. The maximum Gasteiger partial charge on any atom is 0.416 e. The lowest BCUT2D eigenvalue weighted by Crippen LogP contribution is -2.50. The SMILES string of the molecule is CCC1(C(=O)OC)CCCN1Cc1ccc(OCc2nc(-c3ccc(C(F)(F)F)cc3)oc2C)cc1. The summed E-state index contributed by atoms with van der Waals surface area (Å²) >= 11 is 0. The Hall–Kier alpha value is -3.33. The Bertz CT molecular complexity index is 1190. The number of methoxy groups -OCH3 is 1. The first kappa shape index (κ1) is 25.8. The molecule has 1 fully saturated rings. The Morgan fingerprint density at radius 1 is 1.14 bits per heavy atom. The van der Waals surface area contributed by atoms with E-state index in [1.807, 2.05) is 31.2 Å². The zero-order valence-electron chi connectivity index (χ0n) is 20.5. The fraction of sp³-hybridized carbons (Fsp3) is 0.407. The van der Waals surface area contributed by atoms with Crippen molar-refractivity contribution in [2.75, 3.05) is 13.7 Å². The van der Waals surface area contributed by atoms with E-state index in [4.69, 9.17) is 13.9 Å². The maximum absolute atomic E-state index is 12.8. The molecule has 0 N–H and O–H groups in total. The highest BCUT2D eigenvalue weighted by molar-refractivity contribution is 5.81. The molecule has 2 heterocycles. The minimum Gasteiger partial charge on any atom is -0.487 e. The summed E-state index contributed by atoms with van der Waals surface area (Å²) in [5, 5.41) is 0. The van der Waals surface area contributed by atoms with Gasteiger partial charge >= 0.3 is 12.1 Å². The van der Waals surface area contributed by atoms with Gasteiger partial charge in [-0.15, -0.1) is 0 Å². The first-order valence-corrected chi connectivity index (χ1v) is 11.9. The minimum absolute atomic E-state index is 0.155. The van der Waals surface area contributed by atoms with Crippen LogP contribution >= 0.6 is 0 Å². The number of esters is 1. The average molecular weight is 503 g/mol. The number of ether oxygens (including phenoxy) is 2. The number of aromatic nitrogens is 1. The molecule has 2 aromatic carbocycles. The number of carbonyl (C=O) groups is 1. The lowest BCUT2D eigenvalue weighted by Gasteiger charge is -2.35. The Labute approximate surface area is 208 Å². The summed E-state index contributed by atoms with van der Waals surface area (Å²) in [7, 11) is 1.44. The molecule has 1 atom stereocenters. The monoisotopic (exact) mass is 502 g/mol. The maximum atomic E-state index is 12.8. The summed E-state index contributed by atoms with van der Waals surface area (Å²) in [6, 6.07) is 12.3. The van der Waals surface area contributed by atoms with Crippen molar-refractivity contribution in [2.24, 2.45) is 0 Å². The third-order valence-electron chi connectivity index (χ3n) is 6.80. The molecule has 0 aliphatic carbocycles. The van der Waals surface area contributed by atoms with Crippen LogP contribution in [0.1, 0.15) is 48.8 Å².